The topological polar surface area (TPSA) is 69.6 Å². The molecule has 0 fully saturated rings. The van der Waals surface area contributed by atoms with E-state index in [4.69, 9.17) is 0 Å². The minimum Gasteiger partial charge on any atom is -0.507 e. The molecule has 4 nitrogen and oxygen atoms in total. The molecule has 0 atom stereocenters. The number of aliphatic hydroxyl groups excluding tert-OH is 1. The lowest BCUT2D eigenvalue weighted by molar-refractivity contribution is 0.0948. The fourth-order valence-corrected chi connectivity index (χ4v) is 2.14. The Hall–Kier alpha value is -2.33. The van der Waals surface area contributed by atoms with E-state index in [1.807, 2.05) is 31.2 Å². The standard InChI is InChI=1S/C17H19NO3/c1-2-12-7-8-16(20)15(9-12)17(21)18-10-13-5-3-4-6-14(13)11-19/h3-9,19-20H,2,10-11H2,1H3,(H,18,21). The molecule has 0 aliphatic rings. The molecule has 2 aromatic carbocycles. The lowest BCUT2D eigenvalue weighted by atomic mass is 10.1. The molecule has 0 unspecified atom stereocenters. The molecule has 0 radical (unpaired) electrons. The predicted octanol–water partition coefficient (Wildman–Crippen LogP) is 2.38. The van der Waals surface area contributed by atoms with Gasteiger partial charge >= 0.3 is 0 Å². The van der Waals surface area contributed by atoms with E-state index >= 15 is 0 Å². The van der Waals surface area contributed by atoms with E-state index in [-0.39, 0.29) is 23.8 Å². The Morgan fingerprint density at radius 1 is 1.14 bits per heavy atom. The third-order valence-electron chi connectivity index (χ3n) is 3.44. The molecule has 0 aliphatic heterocycles. The number of hydrogen-bond donors (Lipinski definition) is 3. The number of rotatable bonds is 5. The molecule has 1 amide bonds. The van der Waals surface area contributed by atoms with Crippen LogP contribution in [0.4, 0.5) is 0 Å². The Labute approximate surface area is 124 Å². The molecule has 0 spiro atoms. The number of carbonyl (C=O) groups excluding carboxylic acids is 1. The van der Waals surface area contributed by atoms with Crippen molar-refractivity contribution in [3.8, 4) is 5.75 Å². The van der Waals surface area contributed by atoms with Crippen LogP contribution in [0.25, 0.3) is 0 Å². The van der Waals surface area contributed by atoms with Crippen molar-refractivity contribution in [1.29, 1.82) is 0 Å². The van der Waals surface area contributed by atoms with Gasteiger partial charge in [-0.05, 0) is 35.2 Å². The van der Waals surface area contributed by atoms with Crippen molar-refractivity contribution >= 4 is 5.91 Å². The molecule has 21 heavy (non-hydrogen) atoms. The van der Waals surface area contributed by atoms with Crippen molar-refractivity contribution in [2.45, 2.75) is 26.5 Å². The SMILES string of the molecule is CCc1ccc(O)c(C(=O)NCc2ccccc2CO)c1. The highest BCUT2D eigenvalue weighted by molar-refractivity contribution is 5.96. The molecular weight excluding hydrogens is 266 g/mol. The number of carbonyl (C=O) groups is 1. The van der Waals surface area contributed by atoms with Crippen LogP contribution in [0.15, 0.2) is 42.5 Å². The van der Waals surface area contributed by atoms with Crippen molar-refractivity contribution in [2.75, 3.05) is 0 Å². The average molecular weight is 285 g/mol. The Bertz CT molecular complexity index is 638. The summed E-state index contributed by atoms with van der Waals surface area (Å²) in [7, 11) is 0. The van der Waals surface area contributed by atoms with Crippen LogP contribution in [0, 0.1) is 0 Å². The second-order valence-electron chi connectivity index (χ2n) is 4.81. The number of hydrogen-bond acceptors (Lipinski definition) is 3. The van der Waals surface area contributed by atoms with Gasteiger partial charge in [0, 0.05) is 6.54 Å². The maximum Gasteiger partial charge on any atom is 0.255 e. The second kappa shape index (κ2) is 6.90. The second-order valence-corrected chi connectivity index (χ2v) is 4.81. The fourth-order valence-electron chi connectivity index (χ4n) is 2.14. The van der Waals surface area contributed by atoms with Crippen molar-refractivity contribution in [3.63, 3.8) is 0 Å². The van der Waals surface area contributed by atoms with E-state index in [1.54, 1.807) is 12.1 Å². The summed E-state index contributed by atoms with van der Waals surface area (Å²) in [5.41, 5.74) is 2.91. The molecule has 4 heteroatoms. The van der Waals surface area contributed by atoms with E-state index in [0.29, 0.717) is 6.54 Å². The summed E-state index contributed by atoms with van der Waals surface area (Å²) < 4.78 is 0. The van der Waals surface area contributed by atoms with Gasteiger partial charge in [-0.2, -0.15) is 0 Å². The highest BCUT2D eigenvalue weighted by Crippen LogP contribution is 2.19. The summed E-state index contributed by atoms with van der Waals surface area (Å²) in [6, 6.07) is 12.4. The molecule has 0 saturated heterocycles. The number of aliphatic hydroxyl groups is 1. The Kier molecular flexibility index (Phi) is 4.95. The lowest BCUT2D eigenvalue weighted by Crippen LogP contribution is -2.23. The number of aromatic hydroxyl groups is 1. The average Bonchev–Trinajstić information content (AvgIpc) is 2.53. The summed E-state index contributed by atoms with van der Waals surface area (Å²) in [6.07, 6.45) is 0.800. The van der Waals surface area contributed by atoms with Gasteiger partial charge in [-0.25, -0.2) is 0 Å². The van der Waals surface area contributed by atoms with Gasteiger partial charge in [0.2, 0.25) is 0 Å². The summed E-state index contributed by atoms with van der Waals surface area (Å²) in [6.45, 7) is 2.24. The van der Waals surface area contributed by atoms with Crippen LogP contribution in [-0.2, 0) is 19.6 Å². The zero-order valence-electron chi connectivity index (χ0n) is 12.0. The zero-order valence-corrected chi connectivity index (χ0v) is 12.0. The van der Waals surface area contributed by atoms with Crippen LogP contribution in [0.3, 0.4) is 0 Å². The van der Waals surface area contributed by atoms with Crippen molar-refractivity contribution in [1.82, 2.24) is 5.32 Å². The van der Waals surface area contributed by atoms with Gasteiger partial charge in [0.05, 0.1) is 12.2 Å². The number of aryl methyl sites for hydroxylation is 1. The van der Waals surface area contributed by atoms with Crippen LogP contribution < -0.4 is 5.32 Å². The van der Waals surface area contributed by atoms with Gasteiger partial charge in [-0.3, -0.25) is 4.79 Å². The van der Waals surface area contributed by atoms with Crippen molar-refractivity contribution in [2.24, 2.45) is 0 Å². The van der Waals surface area contributed by atoms with E-state index < -0.39 is 0 Å². The number of amides is 1. The van der Waals surface area contributed by atoms with E-state index in [9.17, 15) is 15.0 Å². The number of phenols is 1. The van der Waals surface area contributed by atoms with Crippen LogP contribution in [0.5, 0.6) is 5.75 Å². The van der Waals surface area contributed by atoms with Crippen LogP contribution in [0.2, 0.25) is 0 Å². The van der Waals surface area contributed by atoms with Gasteiger partial charge in [-0.1, -0.05) is 37.3 Å². The minimum absolute atomic E-state index is 0.0276. The Balaban J connectivity index is 2.11. The number of nitrogens with one attached hydrogen (secondary N) is 1. The van der Waals surface area contributed by atoms with Crippen molar-refractivity contribution < 1.29 is 15.0 Å². The summed E-state index contributed by atoms with van der Waals surface area (Å²) in [4.78, 5) is 12.2. The first-order chi connectivity index (χ1) is 10.2. The monoisotopic (exact) mass is 285 g/mol. The normalized spacial score (nSPS) is 10.4. The predicted molar refractivity (Wildman–Crippen MR) is 81.0 cm³/mol. The van der Waals surface area contributed by atoms with Crippen molar-refractivity contribution in [3.05, 3.63) is 64.7 Å². The molecule has 0 aliphatic carbocycles. The largest absolute Gasteiger partial charge is 0.507 e. The molecule has 0 saturated carbocycles. The third kappa shape index (κ3) is 3.61. The van der Waals surface area contributed by atoms with Crippen LogP contribution >= 0.6 is 0 Å². The summed E-state index contributed by atoms with van der Waals surface area (Å²) in [5.74, 6) is -0.351. The van der Waals surface area contributed by atoms with E-state index in [2.05, 4.69) is 5.32 Å². The van der Waals surface area contributed by atoms with Crippen LogP contribution in [0.1, 0.15) is 34.0 Å². The van der Waals surface area contributed by atoms with E-state index in [0.717, 1.165) is 23.1 Å². The Morgan fingerprint density at radius 2 is 1.86 bits per heavy atom. The van der Waals surface area contributed by atoms with Gasteiger partial charge in [0.15, 0.2) is 0 Å². The maximum absolute atomic E-state index is 12.2. The first-order valence-electron chi connectivity index (χ1n) is 6.93. The smallest absolute Gasteiger partial charge is 0.255 e. The first kappa shape index (κ1) is 15.1. The molecular formula is C17H19NO3. The number of phenolic OH excluding ortho intramolecular Hbond substituents is 1. The molecule has 0 aromatic heterocycles. The maximum atomic E-state index is 12.2. The lowest BCUT2D eigenvalue weighted by Gasteiger charge is -2.10. The quantitative estimate of drug-likeness (QED) is 0.790. The summed E-state index contributed by atoms with van der Waals surface area (Å²) in [5, 5.41) is 21.8. The Morgan fingerprint density at radius 3 is 2.52 bits per heavy atom. The number of benzene rings is 2. The zero-order chi connectivity index (χ0) is 15.2. The fraction of sp³-hybridized carbons (Fsp3) is 0.235. The van der Waals surface area contributed by atoms with E-state index in [1.165, 1.54) is 6.07 Å². The highest BCUT2D eigenvalue weighted by atomic mass is 16.3. The van der Waals surface area contributed by atoms with Crippen LogP contribution in [-0.4, -0.2) is 16.1 Å². The molecule has 2 aromatic rings. The van der Waals surface area contributed by atoms with Gasteiger partial charge in [0.25, 0.3) is 5.91 Å². The molecule has 2 rings (SSSR count). The highest BCUT2D eigenvalue weighted by Gasteiger charge is 2.12. The molecule has 3 N–H and O–H groups in total. The molecule has 0 bridgehead atoms. The third-order valence-corrected chi connectivity index (χ3v) is 3.44. The van der Waals surface area contributed by atoms with Gasteiger partial charge in [-0.15, -0.1) is 0 Å². The first-order valence-corrected chi connectivity index (χ1v) is 6.93. The molecule has 0 heterocycles. The minimum atomic E-state index is -0.324. The van der Waals surface area contributed by atoms with Gasteiger partial charge < -0.3 is 15.5 Å². The summed E-state index contributed by atoms with van der Waals surface area (Å²) >= 11 is 0. The molecule has 110 valence electrons. The van der Waals surface area contributed by atoms with Gasteiger partial charge in [0.1, 0.15) is 5.75 Å².